The van der Waals surface area contributed by atoms with E-state index in [0.29, 0.717) is 32.6 Å². The molecule has 1 saturated heterocycles. The molecule has 106 valence electrons. The van der Waals surface area contributed by atoms with Crippen molar-refractivity contribution in [1.82, 2.24) is 9.80 Å². The largest absolute Gasteiger partial charge is 0.343 e. The number of hydrogen-bond donors (Lipinski definition) is 0. The minimum Gasteiger partial charge on any atom is -0.343 e. The fraction of sp³-hybridized carbons (Fsp3) is 0.600. The number of carbonyl (C=O) groups excluding carboxylic acids is 2. The van der Waals surface area contributed by atoms with Crippen molar-refractivity contribution in [2.24, 2.45) is 5.92 Å². The molecule has 0 aromatic rings. The molecule has 4 nitrogen and oxygen atoms in total. The molecule has 4 heteroatoms. The van der Waals surface area contributed by atoms with E-state index >= 15 is 0 Å². The highest BCUT2D eigenvalue weighted by atomic mass is 16.2. The first-order chi connectivity index (χ1) is 9.13. The van der Waals surface area contributed by atoms with Crippen LogP contribution >= 0.6 is 0 Å². The van der Waals surface area contributed by atoms with Crippen LogP contribution in [0, 0.1) is 5.92 Å². The Morgan fingerprint density at radius 1 is 1.21 bits per heavy atom. The summed E-state index contributed by atoms with van der Waals surface area (Å²) in [5, 5.41) is 0. The van der Waals surface area contributed by atoms with Gasteiger partial charge in [-0.3, -0.25) is 9.59 Å². The number of amides is 2. The highest BCUT2D eigenvalue weighted by molar-refractivity contribution is 5.80. The van der Waals surface area contributed by atoms with Gasteiger partial charge in [-0.15, -0.1) is 13.2 Å². The van der Waals surface area contributed by atoms with Crippen molar-refractivity contribution in [2.75, 3.05) is 26.2 Å². The quantitative estimate of drug-likeness (QED) is 0.687. The smallest absolute Gasteiger partial charge is 0.226 e. The van der Waals surface area contributed by atoms with Gasteiger partial charge in [0.1, 0.15) is 0 Å². The number of piperidine rings is 1. The van der Waals surface area contributed by atoms with E-state index in [2.05, 4.69) is 13.2 Å². The summed E-state index contributed by atoms with van der Waals surface area (Å²) in [5.41, 5.74) is 0. The maximum atomic E-state index is 12.4. The van der Waals surface area contributed by atoms with Gasteiger partial charge in [0, 0.05) is 38.5 Å². The molecule has 0 saturated carbocycles. The van der Waals surface area contributed by atoms with Gasteiger partial charge in [0.05, 0.1) is 0 Å². The Bertz CT molecular complexity index is 334. The van der Waals surface area contributed by atoms with Crippen molar-refractivity contribution < 1.29 is 9.59 Å². The summed E-state index contributed by atoms with van der Waals surface area (Å²) in [6.07, 6.45) is 5.52. The lowest BCUT2D eigenvalue weighted by Gasteiger charge is -2.33. The molecule has 0 bridgehead atoms. The van der Waals surface area contributed by atoms with Crippen LogP contribution in [0.4, 0.5) is 0 Å². The second-order valence-corrected chi connectivity index (χ2v) is 4.83. The maximum Gasteiger partial charge on any atom is 0.226 e. The van der Waals surface area contributed by atoms with E-state index in [-0.39, 0.29) is 17.7 Å². The summed E-state index contributed by atoms with van der Waals surface area (Å²) in [4.78, 5) is 27.6. The number of rotatable bonds is 6. The molecule has 1 fully saturated rings. The van der Waals surface area contributed by atoms with Crippen LogP contribution in [0.2, 0.25) is 0 Å². The Balaban J connectivity index is 2.53. The molecular weight excluding hydrogens is 240 g/mol. The molecule has 19 heavy (non-hydrogen) atoms. The van der Waals surface area contributed by atoms with Crippen LogP contribution in [0.1, 0.15) is 26.2 Å². The predicted molar refractivity (Wildman–Crippen MR) is 76.6 cm³/mol. The maximum absolute atomic E-state index is 12.4. The third-order valence-corrected chi connectivity index (χ3v) is 3.51. The van der Waals surface area contributed by atoms with E-state index in [9.17, 15) is 9.59 Å². The van der Waals surface area contributed by atoms with Crippen molar-refractivity contribution in [3.63, 3.8) is 0 Å². The minimum absolute atomic E-state index is 0.0285. The fourth-order valence-electron chi connectivity index (χ4n) is 2.42. The van der Waals surface area contributed by atoms with Crippen LogP contribution in [0.5, 0.6) is 0 Å². The molecule has 1 aliphatic heterocycles. The molecule has 1 heterocycles. The van der Waals surface area contributed by atoms with Crippen LogP contribution in [0.25, 0.3) is 0 Å². The molecule has 1 rings (SSSR count). The van der Waals surface area contributed by atoms with Gasteiger partial charge < -0.3 is 9.80 Å². The zero-order chi connectivity index (χ0) is 14.3. The van der Waals surface area contributed by atoms with Crippen molar-refractivity contribution in [2.45, 2.75) is 26.2 Å². The number of carbonyl (C=O) groups is 2. The average molecular weight is 264 g/mol. The number of nitrogens with zero attached hydrogens (tertiary/aromatic N) is 2. The van der Waals surface area contributed by atoms with Gasteiger partial charge in [-0.1, -0.05) is 19.1 Å². The Hall–Kier alpha value is -1.58. The van der Waals surface area contributed by atoms with Crippen molar-refractivity contribution >= 4 is 11.8 Å². The zero-order valence-electron chi connectivity index (χ0n) is 11.8. The van der Waals surface area contributed by atoms with Crippen LogP contribution in [-0.2, 0) is 9.59 Å². The van der Waals surface area contributed by atoms with Gasteiger partial charge in [0.25, 0.3) is 0 Å². The standard InChI is InChI=1S/C15H24N2O2/c1-4-9-17(10-5-2)15(19)13-7-11-16(12-8-13)14(18)6-3/h4-5,13H,1-2,6-12H2,3H3. The van der Waals surface area contributed by atoms with E-state index in [0.717, 1.165) is 12.8 Å². The molecule has 0 unspecified atom stereocenters. The monoisotopic (exact) mass is 264 g/mol. The van der Waals surface area contributed by atoms with Gasteiger partial charge in [-0.05, 0) is 12.8 Å². The summed E-state index contributed by atoms with van der Waals surface area (Å²) in [5.74, 6) is 0.365. The Morgan fingerprint density at radius 2 is 1.74 bits per heavy atom. The molecule has 0 aliphatic carbocycles. The van der Waals surface area contributed by atoms with Crippen LogP contribution < -0.4 is 0 Å². The summed E-state index contributed by atoms with van der Waals surface area (Å²) >= 11 is 0. The number of likely N-dealkylation sites (tertiary alicyclic amines) is 1. The Morgan fingerprint density at radius 3 is 2.16 bits per heavy atom. The SMILES string of the molecule is C=CCN(CC=C)C(=O)C1CCN(C(=O)CC)CC1. The molecule has 0 radical (unpaired) electrons. The van der Waals surface area contributed by atoms with E-state index in [4.69, 9.17) is 0 Å². The Kier molecular flexibility index (Phi) is 6.33. The lowest BCUT2D eigenvalue weighted by Crippen LogP contribution is -2.44. The predicted octanol–water partition coefficient (Wildman–Crippen LogP) is 1.84. The second kappa shape index (κ2) is 7.77. The molecule has 0 aromatic heterocycles. The highest BCUT2D eigenvalue weighted by Crippen LogP contribution is 2.20. The van der Waals surface area contributed by atoms with Gasteiger partial charge in [-0.2, -0.15) is 0 Å². The highest BCUT2D eigenvalue weighted by Gasteiger charge is 2.28. The molecule has 0 aromatic carbocycles. The average Bonchev–Trinajstić information content (AvgIpc) is 2.45. The third kappa shape index (κ3) is 4.23. The normalized spacial score (nSPS) is 15.9. The van der Waals surface area contributed by atoms with Crippen LogP contribution in [-0.4, -0.2) is 47.8 Å². The van der Waals surface area contributed by atoms with Gasteiger partial charge >= 0.3 is 0 Å². The lowest BCUT2D eigenvalue weighted by molar-refractivity contribution is -0.139. The second-order valence-electron chi connectivity index (χ2n) is 4.83. The molecule has 0 N–H and O–H groups in total. The van der Waals surface area contributed by atoms with E-state index in [1.807, 2.05) is 11.8 Å². The molecular formula is C15H24N2O2. The van der Waals surface area contributed by atoms with Crippen molar-refractivity contribution in [1.29, 1.82) is 0 Å². The first kappa shape index (κ1) is 15.5. The third-order valence-electron chi connectivity index (χ3n) is 3.51. The molecule has 1 aliphatic rings. The topological polar surface area (TPSA) is 40.6 Å². The zero-order valence-corrected chi connectivity index (χ0v) is 11.8. The van der Waals surface area contributed by atoms with Crippen LogP contribution in [0.3, 0.4) is 0 Å². The van der Waals surface area contributed by atoms with Gasteiger partial charge in [-0.25, -0.2) is 0 Å². The fourth-order valence-corrected chi connectivity index (χ4v) is 2.42. The Labute approximate surface area is 115 Å². The number of hydrogen-bond acceptors (Lipinski definition) is 2. The van der Waals surface area contributed by atoms with Crippen molar-refractivity contribution in [3.8, 4) is 0 Å². The molecule has 0 atom stereocenters. The van der Waals surface area contributed by atoms with Crippen molar-refractivity contribution in [3.05, 3.63) is 25.3 Å². The minimum atomic E-state index is 0.0285. The summed E-state index contributed by atoms with van der Waals surface area (Å²) < 4.78 is 0. The van der Waals surface area contributed by atoms with Gasteiger partial charge in [0.15, 0.2) is 0 Å². The van der Waals surface area contributed by atoms with E-state index in [1.54, 1.807) is 17.1 Å². The van der Waals surface area contributed by atoms with Crippen LogP contribution in [0.15, 0.2) is 25.3 Å². The first-order valence-electron chi connectivity index (χ1n) is 6.92. The lowest BCUT2D eigenvalue weighted by atomic mass is 9.95. The van der Waals surface area contributed by atoms with E-state index in [1.165, 1.54) is 0 Å². The summed E-state index contributed by atoms with van der Waals surface area (Å²) in [6, 6.07) is 0. The van der Waals surface area contributed by atoms with E-state index < -0.39 is 0 Å². The first-order valence-corrected chi connectivity index (χ1v) is 6.92. The van der Waals surface area contributed by atoms with Gasteiger partial charge in [0.2, 0.25) is 11.8 Å². The summed E-state index contributed by atoms with van der Waals surface area (Å²) in [7, 11) is 0. The molecule has 2 amide bonds. The summed E-state index contributed by atoms with van der Waals surface area (Å²) in [6.45, 7) is 11.7. The molecule has 0 spiro atoms.